The van der Waals surface area contributed by atoms with Crippen LogP contribution < -0.4 is 0 Å². The molecular weight excluding hydrogens is 330 g/mol. The van der Waals surface area contributed by atoms with Gasteiger partial charge in [-0.3, -0.25) is 9.59 Å². The van der Waals surface area contributed by atoms with E-state index >= 15 is 0 Å². The Labute approximate surface area is 154 Å². The molecule has 1 N–H and O–H groups in total. The van der Waals surface area contributed by atoms with Crippen LogP contribution in [-0.4, -0.2) is 29.3 Å². The number of carbonyl (C=O) groups is 2. The van der Waals surface area contributed by atoms with E-state index in [1.165, 1.54) is 12.5 Å². The van der Waals surface area contributed by atoms with E-state index in [2.05, 4.69) is 18.2 Å². The lowest BCUT2D eigenvalue weighted by molar-refractivity contribution is -0.148. The molecular formula is C21H29NO4. The fourth-order valence-electron chi connectivity index (χ4n) is 6.78. The largest absolute Gasteiger partial charge is 0.462 e. The molecule has 0 aliphatic heterocycles. The van der Waals surface area contributed by atoms with Gasteiger partial charge in [0.05, 0.1) is 6.21 Å². The quantitative estimate of drug-likeness (QED) is 0.267. The summed E-state index contributed by atoms with van der Waals surface area (Å²) in [5, 5.41) is 12.9. The molecule has 26 heavy (non-hydrogen) atoms. The summed E-state index contributed by atoms with van der Waals surface area (Å²) >= 11 is 0. The minimum Gasteiger partial charge on any atom is -0.462 e. The van der Waals surface area contributed by atoms with Crippen LogP contribution in [0.15, 0.2) is 16.8 Å². The number of oxime groups is 1. The molecule has 0 unspecified atom stereocenters. The van der Waals surface area contributed by atoms with Crippen LogP contribution in [0.2, 0.25) is 0 Å². The number of allylic oxidation sites excluding steroid dienone is 1. The van der Waals surface area contributed by atoms with Crippen molar-refractivity contribution in [2.75, 3.05) is 0 Å². The third kappa shape index (κ3) is 2.46. The van der Waals surface area contributed by atoms with Crippen molar-refractivity contribution in [1.29, 1.82) is 0 Å². The number of fused-ring (bicyclic) bond motifs is 5. The molecule has 142 valence electrons. The van der Waals surface area contributed by atoms with Crippen LogP contribution in [0.3, 0.4) is 0 Å². The predicted octanol–water partition coefficient (Wildman–Crippen LogP) is 3.89. The molecule has 3 fully saturated rings. The summed E-state index contributed by atoms with van der Waals surface area (Å²) in [6.45, 7) is 3.63. The molecule has 0 amide bonds. The molecule has 0 aromatic carbocycles. The van der Waals surface area contributed by atoms with Gasteiger partial charge in [-0.05, 0) is 56.3 Å². The third-order valence-electron chi connectivity index (χ3n) is 7.99. The van der Waals surface area contributed by atoms with Crippen LogP contribution in [-0.2, 0) is 14.3 Å². The average Bonchev–Trinajstić information content (AvgIpc) is 2.90. The number of esters is 1. The topological polar surface area (TPSA) is 76.0 Å². The summed E-state index contributed by atoms with van der Waals surface area (Å²) < 4.78 is 5.47. The van der Waals surface area contributed by atoms with Crippen molar-refractivity contribution < 1.29 is 19.5 Å². The summed E-state index contributed by atoms with van der Waals surface area (Å²) in [5.41, 5.74) is 0.877. The van der Waals surface area contributed by atoms with E-state index in [9.17, 15) is 14.8 Å². The van der Waals surface area contributed by atoms with Gasteiger partial charge in [0.1, 0.15) is 11.9 Å². The molecule has 6 atom stereocenters. The Morgan fingerprint density at radius 1 is 1.31 bits per heavy atom. The zero-order valence-electron chi connectivity index (χ0n) is 15.7. The average molecular weight is 359 g/mol. The number of hydrogen-bond acceptors (Lipinski definition) is 5. The molecule has 4 rings (SSSR count). The Bertz CT molecular complexity index is 683. The van der Waals surface area contributed by atoms with E-state index in [-0.39, 0.29) is 22.9 Å². The number of Topliss-reactive ketones (excluding diaryl/α,β-unsaturated/α-hetero) is 1. The van der Waals surface area contributed by atoms with Crippen molar-refractivity contribution in [2.45, 2.75) is 71.3 Å². The first kappa shape index (κ1) is 17.7. The SMILES string of the molecule is CC(=O)O[C@H]1CC[C@@]2(/C=N\O)C(=CC[C@@H]3[C@H]4CCC(=O)[C@]4(C)CC[C@H]32)C1. The second-order valence-corrected chi connectivity index (χ2v) is 9.02. The van der Waals surface area contributed by atoms with Gasteiger partial charge >= 0.3 is 5.97 Å². The lowest BCUT2D eigenvalue weighted by Gasteiger charge is -2.56. The van der Waals surface area contributed by atoms with Gasteiger partial charge in [0.25, 0.3) is 0 Å². The standard InChI is InChI=1S/C21H29NO4/c1-13(23)26-15-7-10-21(12-22-25)14(11-15)3-4-16-17-5-6-19(24)20(17,2)9-8-18(16)21/h3,12,15-18,25H,4-11H2,1-2H3/b22-12-/t15-,16+,17+,18+,20+,21+/m0/s1. The highest BCUT2D eigenvalue weighted by Crippen LogP contribution is 2.63. The molecule has 5 heteroatoms. The summed E-state index contributed by atoms with van der Waals surface area (Å²) in [4.78, 5) is 23.9. The van der Waals surface area contributed by atoms with Gasteiger partial charge in [-0.2, -0.15) is 0 Å². The normalized spacial score (nSPS) is 44.8. The minimum absolute atomic E-state index is 0.0718. The van der Waals surface area contributed by atoms with Crippen molar-refractivity contribution in [2.24, 2.45) is 33.7 Å². The van der Waals surface area contributed by atoms with Crippen LogP contribution >= 0.6 is 0 Å². The number of rotatable bonds is 2. The van der Waals surface area contributed by atoms with Gasteiger partial charge in [-0.15, -0.1) is 5.16 Å². The van der Waals surface area contributed by atoms with Crippen molar-refractivity contribution in [3.63, 3.8) is 0 Å². The maximum atomic E-state index is 12.5. The number of ketones is 1. The van der Waals surface area contributed by atoms with E-state index in [4.69, 9.17) is 4.74 Å². The fraction of sp³-hybridized carbons (Fsp3) is 0.762. The Balaban J connectivity index is 1.67. The number of ether oxygens (including phenoxy) is 1. The molecule has 5 nitrogen and oxygen atoms in total. The number of carbonyl (C=O) groups excluding carboxylic acids is 2. The van der Waals surface area contributed by atoms with Gasteiger partial charge in [-0.1, -0.05) is 18.6 Å². The second-order valence-electron chi connectivity index (χ2n) is 9.02. The summed E-state index contributed by atoms with van der Waals surface area (Å²) in [6.07, 6.45) is 11.0. The third-order valence-corrected chi connectivity index (χ3v) is 7.99. The van der Waals surface area contributed by atoms with Crippen molar-refractivity contribution in [3.8, 4) is 0 Å². The first-order valence-electron chi connectivity index (χ1n) is 9.99. The van der Waals surface area contributed by atoms with E-state index in [0.717, 1.165) is 51.4 Å². The fourth-order valence-corrected chi connectivity index (χ4v) is 6.78. The van der Waals surface area contributed by atoms with Gasteiger partial charge in [0.15, 0.2) is 0 Å². The van der Waals surface area contributed by atoms with Crippen LogP contribution in [0.25, 0.3) is 0 Å². The first-order chi connectivity index (χ1) is 12.4. The van der Waals surface area contributed by atoms with E-state index in [1.54, 1.807) is 6.21 Å². The van der Waals surface area contributed by atoms with Crippen LogP contribution in [0, 0.1) is 28.6 Å². The van der Waals surface area contributed by atoms with Gasteiger partial charge in [-0.25, -0.2) is 0 Å². The van der Waals surface area contributed by atoms with Gasteiger partial charge in [0.2, 0.25) is 0 Å². The predicted molar refractivity (Wildman–Crippen MR) is 96.9 cm³/mol. The maximum absolute atomic E-state index is 12.5. The Morgan fingerprint density at radius 2 is 2.12 bits per heavy atom. The molecule has 0 aromatic heterocycles. The molecule has 0 spiro atoms. The van der Waals surface area contributed by atoms with Crippen LogP contribution in [0.1, 0.15) is 65.2 Å². The summed E-state index contributed by atoms with van der Waals surface area (Å²) in [5.74, 6) is 1.55. The van der Waals surface area contributed by atoms with E-state index in [0.29, 0.717) is 23.5 Å². The number of hydrogen-bond donors (Lipinski definition) is 1. The molecule has 4 aliphatic carbocycles. The Hall–Kier alpha value is -1.65. The highest BCUT2D eigenvalue weighted by Gasteiger charge is 2.59. The lowest BCUT2D eigenvalue weighted by atomic mass is 9.48. The highest BCUT2D eigenvalue weighted by atomic mass is 16.5. The first-order valence-corrected chi connectivity index (χ1v) is 9.99. The Morgan fingerprint density at radius 3 is 2.85 bits per heavy atom. The van der Waals surface area contributed by atoms with Crippen molar-refractivity contribution >= 4 is 18.0 Å². The van der Waals surface area contributed by atoms with Crippen molar-refractivity contribution in [1.82, 2.24) is 0 Å². The van der Waals surface area contributed by atoms with Gasteiger partial charge < -0.3 is 9.94 Å². The lowest BCUT2D eigenvalue weighted by Crippen LogP contribution is -2.52. The molecule has 4 aliphatic rings. The summed E-state index contributed by atoms with van der Waals surface area (Å²) in [6, 6.07) is 0. The highest BCUT2D eigenvalue weighted by molar-refractivity contribution is 5.87. The molecule has 0 aromatic rings. The Kier molecular flexibility index (Phi) is 4.24. The smallest absolute Gasteiger partial charge is 0.302 e. The van der Waals surface area contributed by atoms with Crippen molar-refractivity contribution in [3.05, 3.63) is 11.6 Å². The summed E-state index contributed by atoms with van der Waals surface area (Å²) in [7, 11) is 0. The molecule has 0 radical (unpaired) electrons. The second kappa shape index (κ2) is 6.21. The van der Waals surface area contributed by atoms with Gasteiger partial charge in [0, 0.05) is 30.6 Å². The zero-order chi connectivity index (χ0) is 18.5. The minimum atomic E-state index is -0.235. The molecule has 0 bridgehead atoms. The monoisotopic (exact) mass is 359 g/mol. The zero-order valence-corrected chi connectivity index (χ0v) is 15.7. The van der Waals surface area contributed by atoms with Crippen LogP contribution in [0.4, 0.5) is 0 Å². The number of nitrogens with zero attached hydrogens (tertiary/aromatic N) is 1. The molecule has 0 heterocycles. The van der Waals surface area contributed by atoms with Crippen LogP contribution in [0.5, 0.6) is 0 Å². The van der Waals surface area contributed by atoms with E-state index in [1.807, 2.05) is 0 Å². The molecule has 0 saturated heterocycles. The maximum Gasteiger partial charge on any atom is 0.302 e. The van der Waals surface area contributed by atoms with E-state index < -0.39 is 0 Å². The molecule has 3 saturated carbocycles.